The van der Waals surface area contributed by atoms with Crippen LogP contribution in [0.1, 0.15) is 38.5 Å². The number of hydrogen-bond donors (Lipinski definition) is 1. The van der Waals surface area contributed by atoms with Gasteiger partial charge in [0.05, 0.1) is 13.2 Å². The van der Waals surface area contributed by atoms with Gasteiger partial charge >= 0.3 is 0 Å². The summed E-state index contributed by atoms with van der Waals surface area (Å²) in [5.74, 6) is 1.02. The van der Waals surface area contributed by atoms with Crippen LogP contribution in [0.3, 0.4) is 0 Å². The van der Waals surface area contributed by atoms with Crippen LogP contribution >= 0.6 is 21.6 Å². The quantitative estimate of drug-likeness (QED) is 0.399. The molecule has 0 radical (unpaired) electrons. The lowest BCUT2D eigenvalue weighted by Gasteiger charge is -2.12. The molecule has 2 aliphatic rings. The SMILES string of the molecule is OCCOC1(CCCCCC2CCSS2)CO1. The molecule has 2 saturated heterocycles. The average molecular weight is 278 g/mol. The van der Waals surface area contributed by atoms with E-state index >= 15 is 0 Å². The second kappa shape index (κ2) is 7.24. The van der Waals surface area contributed by atoms with Crippen molar-refractivity contribution < 1.29 is 14.6 Å². The van der Waals surface area contributed by atoms with Crippen molar-refractivity contribution in [3.8, 4) is 0 Å². The molecule has 3 nitrogen and oxygen atoms in total. The zero-order chi connectivity index (χ0) is 12.0. The minimum absolute atomic E-state index is 0.0850. The third kappa shape index (κ3) is 4.99. The summed E-state index contributed by atoms with van der Waals surface area (Å²) in [7, 11) is 4.09. The van der Waals surface area contributed by atoms with Crippen LogP contribution in [0.2, 0.25) is 0 Å². The molecule has 17 heavy (non-hydrogen) atoms. The van der Waals surface area contributed by atoms with Gasteiger partial charge in [-0.3, -0.25) is 0 Å². The Bertz CT molecular complexity index is 216. The van der Waals surface area contributed by atoms with Gasteiger partial charge in [0.25, 0.3) is 0 Å². The van der Waals surface area contributed by atoms with Crippen molar-refractivity contribution in [1.82, 2.24) is 0 Å². The molecule has 0 bridgehead atoms. The van der Waals surface area contributed by atoms with E-state index in [-0.39, 0.29) is 12.4 Å². The van der Waals surface area contributed by atoms with Crippen molar-refractivity contribution in [3.63, 3.8) is 0 Å². The molecule has 0 amide bonds. The van der Waals surface area contributed by atoms with Crippen LogP contribution in [0.5, 0.6) is 0 Å². The average Bonchev–Trinajstić information content (AvgIpc) is 2.91. The first-order valence-electron chi connectivity index (χ1n) is 6.52. The summed E-state index contributed by atoms with van der Waals surface area (Å²) >= 11 is 0. The highest BCUT2D eigenvalue weighted by Crippen LogP contribution is 2.40. The Morgan fingerprint density at radius 2 is 2.24 bits per heavy atom. The molecular weight excluding hydrogens is 256 g/mol. The van der Waals surface area contributed by atoms with Gasteiger partial charge in [-0.2, -0.15) is 0 Å². The highest BCUT2D eigenvalue weighted by atomic mass is 33.1. The van der Waals surface area contributed by atoms with Gasteiger partial charge in [-0.05, 0) is 19.3 Å². The second-order valence-corrected chi connectivity index (χ2v) is 7.49. The fourth-order valence-corrected chi connectivity index (χ4v) is 5.15. The molecule has 2 atom stereocenters. The van der Waals surface area contributed by atoms with Crippen LogP contribution in [0.15, 0.2) is 0 Å². The van der Waals surface area contributed by atoms with Gasteiger partial charge in [0.2, 0.25) is 0 Å². The molecule has 0 spiro atoms. The van der Waals surface area contributed by atoms with Crippen LogP contribution in [-0.2, 0) is 9.47 Å². The third-order valence-electron chi connectivity index (χ3n) is 3.23. The number of hydrogen-bond acceptors (Lipinski definition) is 5. The number of ether oxygens (including phenoxy) is 2. The Balaban J connectivity index is 1.45. The number of aliphatic hydroxyl groups excluding tert-OH is 1. The summed E-state index contributed by atoms with van der Waals surface area (Å²) in [5, 5.41) is 9.60. The molecule has 5 heteroatoms. The lowest BCUT2D eigenvalue weighted by molar-refractivity contribution is -0.0614. The Labute approximate surface area is 111 Å². The summed E-state index contributed by atoms with van der Waals surface area (Å²) in [6.07, 6.45) is 7.52. The second-order valence-electron chi connectivity index (χ2n) is 4.70. The largest absolute Gasteiger partial charge is 0.394 e. The number of unbranched alkanes of at least 4 members (excludes halogenated alkanes) is 2. The molecule has 0 aromatic heterocycles. The highest BCUT2D eigenvalue weighted by molar-refractivity contribution is 8.77. The van der Waals surface area contributed by atoms with E-state index in [1.165, 1.54) is 37.9 Å². The highest BCUT2D eigenvalue weighted by Gasteiger charge is 2.45. The van der Waals surface area contributed by atoms with E-state index < -0.39 is 0 Å². The number of rotatable bonds is 9. The summed E-state index contributed by atoms with van der Waals surface area (Å²) in [5.41, 5.74) is 0. The number of aliphatic hydroxyl groups is 1. The number of epoxide rings is 1. The van der Waals surface area contributed by atoms with Crippen LogP contribution < -0.4 is 0 Å². The van der Waals surface area contributed by atoms with Crippen molar-refractivity contribution in [2.45, 2.75) is 49.6 Å². The van der Waals surface area contributed by atoms with Crippen molar-refractivity contribution in [2.75, 3.05) is 25.6 Å². The maximum Gasteiger partial charge on any atom is 0.192 e. The first-order valence-corrected chi connectivity index (χ1v) is 8.90. The topological polar surface area (TPSA) is 42.0 Å². The van der Waals surface area contributed by atoms with Gasteiger partial charge < -0.3 is 14.6 Å². The summed E-state index contributed by atoms with van der Waals surface area (Å²) in [4.78, 5) is 0. The fourth-order valence-electron chi connectivity index (χ4n) is 2.12. The molecule has 1 N–H and O–H groups in total. The van der Waals surface area contributed by atoms with Crippen molar-refractivity contribution in [1.29, 1.82) is 0 Å². The van der Waals surface area contributed by atoms with E-state index in [1.54, 1.807) is 0 Å². The van der Waals surface area contributed by atoms with E-state index in [2.05, 4.69) is 10.8 Å². The van der Waals surface area contributed by atoms with E-state index in [4.69, 9.17) is 14.6 Å². The van der Waals surface area contributed by atoms with Crippen LogP contribution in [0, 0.1) is 0 Å². The van der Waals surface area contributed by atoms with Crippen molar-refractivity contribution in [2.24, 2.45) is 0 Å². The predicted molar refractivity (Wildman–Crippen MR) is 73.3 cm³/mol. The molecule has 0 aromatic carbocycles. The lowest BCUT2D eigenvalue weighted by atomic mass is 10.1. The fraction of sp³-hybridized carbons (Fsp3) is 1.00. The Morgan fingerprint density at radius 3 is 2.88 bits per heavy atom. The molecule has 100 valence electrons. The van der Waals surface area contributed by atoms with Crippen LogP contribution in [0.25, 0.3) is 0 Å². The van der Waals surface area contributed by atoms with Crippen molar-refractivity contribution >= 4 is 21.6 Å². The van der Waals surface area contributed by atoms with E-state index in [9.17, 15) is 0 Å². The van der Waals surface area contributed by atoms with Gasteiger partial charge in [0.1, 0.15) is 6.61 Å². The van der Waals surface area contributed by atoms with Gasteiger partial charge in [-0.25, -0.2) is 0 Å². The van der Waals surface area contributed by atoms with Crippen LogP contribution in [-0.4, -0.2) is 41.7 Å². The Morgan fingerprint density at radius 1 is 1.35 bits per heavy atom. The standard InChI is InChI=1S/C12H22O3S2/c13-7-8-14-12(10-15-12)6-3-1-2-4-11-5-9-16-17-11/h11,13H,1-10H2. The van der Waals surface area contributed by atoms with Crippen LogP contribution in [0.4, 0.5) is 0 Å². The van der Waals surface area contributed by atoms with Crippen molar-refractivity contribution in [3.05, 3.63) is 0 Å². The summed E-state index contributed by atoms with van der Waals surface area (Å²) in [6.45, 7) is 1.19. The molecular formula is C12H22O3S2. The monoisotopic (exact) mass is 278 g/mol. The normalized spacial score (nSPS) is 31.9. The van der Waals surface area contributed by atoms with E-state index in [1.807, 2.05) is 10.8 Å². The zero-order valence-electron chi connectivity index (χ0n) is 10.2. The zero-order valence-corrected chi connectivity index (χ0v) is 11.9. The smallest absolute Gasteiger partial charge is 0.192 e. The van der Waals surface area contributed by atoms with E-state index in [0.717, 1.165) is 11.7 Å². The van der Waals surface area contributed by atoms with Gasteiger partial charge in [-0.1, -0.05) is 34.4 Å². The minimum Gasteiger partial charge on any atom is -0.394 e. The maximum atomic E-state index is 8.70. The molecule has 2 rings (SSSR count). The third-order valence-corrected chi connectivity index (χ3v) is 6.24. The molecule has 2 aliphatic heterocycles. The maximum absolute atomic E-state index is 8.70. The Hall–Kier alpha value is 0.580. The molecule has 0 aromatic rings. The summed E-state index contributed by atoms with van der Waals surface area (Å²) < 4.78 is 10.8. The first-order chi connectivity index (χ1) is 8.35. The Kier molecular flexibility index (Phi) is 5.96. The van der Waals surface area contributed by atoms with Gasteiger partial charge in [0, 0.05) is 17.4 Å². The minimum atomic E-state index is -0.319. The van der Waals surface area contributed by atoms with E-state index in [0.29, 0.717) is 13.2 Å². The summed E-state index contributed by atoms with van der Waals surface area (Å²) in [6, 6.07) is 0. The molecule has 0 aliphatic carbocycles. The molecule has 2 fully saturated rings. The molecule has 2 unspecified atom stereocenters. The molecule has 0 saturated carbocycles. The predicted octanol–water partition coefficient (Wildman–Crippen LogP) is 2.83. The molecule has 2 heterocycles. The lowest BCUT2D eigenvalue weighted by Crippen LogP contribution is -2.18. The first kappa shape index (κ1) is 14.0. The van der Waals surface area contributed by atoms with Gasteiger partial charge in [-0.15, -0.1) is 0 Å². The van der Waals surface area contributed by atoms with Gasteiger partial charge in [0.15, 0.2) is 5.79 Å².